The molecule has 6 rings (SSSR count). The van der Waals surface area contributed by atoms with E-state index in [1.54, 1.807) is 6.33 Å². The van der Waals surface area contributed by atoms with E-state index in [1.165, 1.54) is 0 Å². The third-order valence-electron chi connectivity index (χ3n) is 6.69. The second-order valence-electron chi connectivity index (χ2n) is 8.77. The van der Waals surface area contributed by atoms with E-state index in [1.807, 2.05) is 72.2 Å². The monoisotopic (exact) mass is 456 g/mol. The lowest BCUT2D eigenvalue weighted by Gasteiger charge is -2.24. The third kappa shape index (κ3) is 3.73. The predicted octanol–water partition coefficient (Wildman–Crippen LogP) is 7.24. The molecule has 0 radical (unpaired) electrons. The van der Waals surface area contributed by atoms with Gasteiger partial charge >= 0.3 is 5.97 Å². The number of aromatic nitrogens is 2. The number of hydrogen-bond acceptors (Lipinski definition) is 3. The van der Waals surface area contributed by atoms with Crippen molar-refractivity contribution in [3.05, 3.63) is 127 Å². The fraction of sp³-hybridized carbons (Fsp3) is 0.0968. The SMILES string of the molecule is C[C@@H](C(=O)OC(c1cccc2ccccc12)c1cccc2ccccc12)n1cnc2ccccc21. The van der Waals surface area contributed by atoms with E-state index < -0.39 is 12.1 Å². The highest BCUT2D eigenvalue weighted by Gasteiger charge is 2.27. The van der Waals surface area contributed by atoms with Crippen LogP contribution < -0.4 is 0 Å². The molecule has 4 heteroatoms. The van der Waals surface area contributed by atoms with Crippen LogP contribution in [0.25, 0.3) is 32.6 Å². The molecule has 0 unspecified atom stereocenters. The Balaban J connectivity index is 1.48. The molecule has 0 saturated heterocycles. The van der Waals surface area contributed by atoms with Gasteiger partial charge in [-0.05, 0) is 40.6 Å². The van der Waals surface area contributed by atoms with Crippen LogP contribution >= 0.6 is 0 Å². The molecule has 0 aliphatic heterocycles. The normalized spacial score (nSPS) is 12.4. The first-order chi connectivity index (χ1) is 17.2. The maximum Gasteiger partial charge on any atom is 0.329 e. The Morgan fingerprint density at radius 2 is 1.26 bits per heavy atom. The Labute approximate surface area is 203 Å². The summed E-state index contributed by atoms with van der Waals surface area (Å²) in [7, 11) is 0. The highest BCUT2D eigenvalue weighted by atomic mass is 16.5. The lowest BCUT2D eigenvalue weighted by molar-refractivity contribution is -0.150. The van der Waals surface area contributed by atoms with Crippen LogP contribution in [0.2, 0.25) is 0 Å². The standard InChI is InChI=1S/C31H24N2O2/c1-21(33-20-32-28-18-6-7-19-29(28)33)31(34)35-30(26-16-8-12-22-10-2-4-14-24(22)26)27-17-9-13-23-11-3-5-15-25(23)27/h2-21,30H,1H3/t21-/m0/s1. The Bertz CT molecular complexity index is 1590. The van der Waals surface area contributed by atoms with Gasteiger partial charge in [0.2, 0.25) is 0 Å². The quantitative estimate of drug-likeness (QED) is 0.257. The number of para-hydroxylation sites is 2. The van der Waals surface area contributed by atoms with E-state index in [2.05, 4.69) is 53.5 Å². The van der Waals surface area contributed by atoms with Crippen LogP contribution in [0.5, 0.6) is 0 Å². The first kappa shape index (κ1) is 21.1. The molecule has 1 heterocycles. The number of carbonyl (C=O) groups excluding carboxylic acids is 1. The molecule has 0 amide bonds. The van der Waals surface area contributed by atoms with E-state index in [-0.39, 0.29) is 5.97 Å². The molecule has 0 fully saturated rings. The van der Waals surface area contributed by atoms with Crippen molar-refractivity contribution in [3.63, 3.8) is 0 Å². The summed E-state index contributed by atoms with van der Waals surface area (Å²) in [6.07, 6.45) is 1.15. The second kappa shape index (κ2) is 8.73. The van der Waals surface area contributed by atoms with Crippen molar-refractivity contribution >= 4 is 38.5 Å². The lowest BCUT2D eigenvalue weighted by Crippen LogP contribution is -2.22. The van der Waals surface area contributed by atoms with Gasteiger partial charge in [-0.2, -0.15) is 0 Å². The molecule has 0 spiro atoms. The van der Waals surface area contributed by atoms with Gasteiger partial charge < -0.3 is 9.30 Å². The van der Waals surface area contributed by atoms with Gasteiger partial charge in [-0.3, -0.25) is 0 Å². The smallest absolute Gasteiger partial charge is 0.329 e. The zero-order valence-corrected chi connectivity index (χ0v) is 19.3. The number of esters is 1. The van der Waals surface area contributed by atoms with Crippen LogP contribution in [0.4, 0.5) is 0 Å². The van der Waals surface area contributed by atoms with Crippen molar-refractivity contribution in [1.82, 2.24) is 9.55 Å². The van der Waals surface area contributed by atoms with Gasteiger partial charge in [0.05, 0.1) is 17.4 Å². The van der Waals surface area contributed by atoms with Gasteiger partial charge in [0.25, 0.3) is 0 Å². The fourth-order valence-electron chi connectivity index (χ4n) is 4.87. The minimum absolute atomic E-state index is 0.306. The lowest BCUT2D eigenvalue weighted by atomic mass is 9.92. The molecule has 0 aliphatic rings. The van der Waals surface area contributed by atoms with Crippen LogP contribution in [0.1, 0.15) is 30.2 Å². The fourth-order valence-corrected chi connectivity index (χ4v) is 4.87. The topological polar surface area (TPSA) is 44.1 Å². The van der Waals surface area contributed by atoms with Gasteiger partial charge in [0, 0.05) is 11.1 Å². The van der Waals surface area contributed by atoms with Gasteiger partial charge in [-0.25, -0.2) is 9.78 Å². The first-order valence-corrected chi connectivity index (χ1v) is 11.8. The van der Waals surface area contributed by atoms with Gasteiger partial charge in [0.15, 0.2) is 6.10 Å². The molecule has 0 N–H and O–H groups in total. The van der Waals surface area contributed by atoms with E-state index >= 15 is 0 Å². The number of fused-ring (bicyclic) bond motifs is 3. The molecule has 5 aromatic carbocycles. The summed E-state index contributed by atoms with van der Waals surface area (Å²) >= 11 is 0. The van der Waals surface area contributed by atoms with Crippen LogP contribution in [-0.4, -0.2) is 15.5 Å². The summed E-state index contributed by atoms with van der Waals surface area (Å²) in [5, 5.41) is 4.36. The van der Waals surface area contributed by atoms with Crippen LogP contribution in [0.15, 0.2) is 116 Å². The van der Waals surface area contributed by atoms with Gasteiger partial charge in [-0.15, -0.1) is 0 Å². The summed E-state index contributed by atoms with van der Waals surface area (Å²) in [6.45, 7) is 1.86. The summed E-state index contributed by atoms with van der Waals surface area (Å²) in [5.74, 6) is -0.306. The van der Waals surface area contributed by atoms with E-state index in [0.29, 0.717) is 0 Å². The average molecular weight is 457 g/mol. The maximum atomic E-state index is 13.6. The summed E-state index contributed by atoms with van der Waals surface area (Å²) < 4.78 is 8.26. The van der Waals surface area contributed by atoms with E-state index in [9.17, 15) is 4.79 Å². The van der Waals surface area contributed by atoms with Crippen LogP contribution in [-0.2, 0) is 9.53 Å². The molecular weight excluding hydrogens is 432 g/mol. The van der Waals surface area contributed by atoms with Crippen molar-refractivity contribution in [1.29, 1.82) is 0 Å². The van der Waals surface area contributed by atoms with Gasteiger partial charge in [0.1, 0.15) is 6.04 Å². The largest absolute Gasteiger partial charge is 0.451 e. The number of rotatable bonds is 5. The minimum Gasteiger partial charge on any atom is -0.451 e. The molecule has 170 valence electrons. The number of nitrogens with zero attached hydrogens (tertiary/aromatic N) is 2. The Hall–Kier alpha value is -4.44. The summed E-state index contributed by atoms with van der Waals surface area (Å²) in [6, 6.07) is 36.0. The van der Waals surface area contributed by atoms with Crippen molar-refractivity contribution in [3.8, 4) is 0 Å². The van der Waals surface area contributed by atoms with Crippen molar-refractivity contribution in [2.24, 2.45) is 0 Å². The Kier molecular flexibility index (Phi) is 5.27. The molecule has 0 aliphatic carbocycles. The number of benzene rings is 5. The predicted molar refractivity (Wildman–Crippen MR) is 140 cm³/mol. The zero-order valence-electron chi connectivity index (χ0n) is 19.3. The first-order valence-electron chi connectivity index (χ1n) is 11.8. The number of hydrogen-bond donors (Lipinski definition) is 0. The number of ether oxygens (including phenoxy) is 1. The number of imidazole rings is 1. The van der Waals surface area contributed by atoms with E-state index in [4.69, 9.17) is 4.74 Å². The maximum absolute atomic E-state index is 13.6. The summed E-state index contributed by atoms with van der Waals surface area (Å²) in [4.78, 5) is 18.1. The molecular formula is C31H24N2O2. The van der Waals surface area contributed by atoms with Crippen molar-refractivity contribution < 1.29 is 9.53 Å². The van der Waals surface area contributed by atoms with Crippen LogP contribution in [0, 0.1) is 0 Å². The van der Waals surface area contributed by atoms with Gasteiger partial charge in [-0.1, -0.05) is 97.1 Å². The molecule has 0 saturated carbocycles. The minimum atomic E-state index is -0.558. The molecule has 35 heavy (non-hydrogen) atoms. The molecule has 1 aromatic heterocycles. The third-order valence-corrected chi connectivity index (χ3v) is 6.69. The Morgan fingerprint density at radius 1 is 0.714 bits per heavy atom. The molecule has 0 bridgehead atoms. The number of carbonyl (C=O) groups is 1. The molecule has 6 aromatic rings. The van der Waals surface area contributed by atoms with E-state index in [0.717, 1.165) is 43.7 Å². The van der Waals surface area contributed by atoms with Crippen molar-refractivity contribution in [2.75, 3.05) is 0 Å². The van der Waals surface area contributed by atoms with Crippen molar-refractivity contribution in [2.45, 2.75) is 19.1 Å². The van der Waals surface area contributed by atoms with Crippen LogP contribution in [0.3, 0.4) is 0 Å². The average Bonchev–Trinajstić information content (AvgIpc) is 3.35. The summed E-state index contributed by atoms with van der Waals surface area (Å²) in [5.41, 5.74) is 3.70. The highest BCUT2D eigenvalue weighted by Crippen LogP contribution is 2.36. The highest BCUT2D eigenvalue weighted by molar-refractivity contribution is 5.90. The second-order valence-corrected chi connectivity index (χ2v) is 8.77. The Morgan fingerprint density at radius 3 is 1.91 bits per heavy atom. The zero-order chi connectivity index (χ0) is 23.8. The molecule has 1 atom stereocenters. The molecule has 4 nitrogen and oxygen atoms in total.